The van der Waals surface area contributed by atoms with Gasteiger partial charge in [0.15, 0.2) is 0 Å². The molecule has 0 bridgehead atoms. The number of aryl methyl sites for hydroxylation is 1. The van der Waals surface area contributed by atoms with Gasteiger partial charge in [0.25, 0.3) is 0 Å². The number of carbonyl (C=O) groups excluding carboxylic acids is 1. The number of aromatic amines is 1. The molecule has 0 aliphatic carbocycles. The molecule has 1 aromatic heterocycles. The second-order valence-corrected chi connectivity index (χ2v) is 4.91. The van der Waals surface area contributed by atoms with Crippen molar-refractivity contribution in [1.82, 2.24) is 4.98 Å². The van der Waals surface area contributed by atoms with Gasteiger partial charge in [-0.1, -0.05) is 27.7 Å². The normalized spacial score (nSPS) is 11.6. The van der Waals surface area contributed by atoms with Crippen LogP contribution < -0.4 is 0 Å². The van der Waals surface area contributed by atoms with Crippen LogP contribution in [0.5, 0.6) is 0 Å². The first-order valence-corrected chi connectivity index (χ1v) is 5.79. The third kappa shape index (κ3) is 2.65. The average Bonchev–Trinajstić information content (AvgIpc) is 2.61. The van der Waals surface area contributed by atoms with Crippen molar-refractivity contribution in [3.63, 3.8) is 0 Å². The fourth-order valence-electron chi connectivity index (χ4n) is 1.57. The molecule has 0 spiro atoms. The lowest BCUT2D eigenvalue weighted by atomic mass is 9.92. The summed E-state index contributed by atoms with van der Waals surface area (Å²) in [6.07, 6.45) is 0.834. The summed E-state index contributed by atoms with van der Waals surface area (Å²) >= 11 is 0. The van der Waals surface area contributed by atoms with Crippen LogP contribution in [0, 0.1) is 0 Å². The van der Waals surface area contributed by atoms with Crippen molar-refractivity contribution in [3.8, 4) is 0 Å². The lowest BCUT2D eigenvalue weighted by molar-refractivity contribution is 0.0519. The van der Waals surface area contributed by atoms with Crippen LogP contribution in [-0.2, 0) is 16.6 Å². The van der Waals surface area contributed by atoms with Gasteiger partial charge in [-0.15, -0.1) is 0 Å². The summed E-state index contributed by atoms with van der Waals surface area (Å²) in [5.41, 5.74) is 2.74. The number of aromatic nitrogens is 1. The molecule has 1 heterocycles. The molecule has 3 heteroatoms. The molecule has 0 aliphatic rings. The number of H-pyrrole nitrogens is 1. The lowest BCUT2D eigenvalue weighted by Gasteiger charge is -2.15. The van der Waals surface area contributed by atoms with E-state index in [0.717, 1.165) is 17.7 Å². The molecule has 0 atom stereocenters. The van der Waals surface area contributed by atoms with E-state index in [9.17, 15) is 4.79 Å². The van der Waals surface area contributed by atoms with Crippen molar-refractivity contribution < 1.29 is 9.53 Å². The van der Waals surface area contributed by atoms with Crippen molar-refractivity contribution in [2.45, 2.75) is 46.5 Å². The molecule has 1 N–H and O–H groups in total. The monoisotopic (exact) mass is 223 g/mol. The van der Waals surface area contributed by atoms with Crippen LogP contribution >= 0.6 is 0 Å². The van der Waals surface area contributed by atoms with Gasteiger partial charge in [-0.25, -0.2) is 4.79 Å². The zero-order chi connectivity index (χ0) is 12.3. The average molecular weight is 223 g/mol. The predicted octanol–water partition coefficient (Wildman–Crippen LogP) is 3.05. The Hall–Kier alpha value is -1.25. The SMILES string of the molecule is CCOC(=O)c1[nH]c(C(C)(C)C)cc1CC. The third-order valence-corrected chi connectivity index (χ3v) is 2.57. The van der Waals surface area contributed by atoms with E-state index in [-0.39, 0.29) is 11.4 Å². The van der Waals surface area contributed by atoms with Gasteiger partial charge in [-0.2, -0.15) is 0 Å². The van der Waals surface area contributed by atoms with Crippen LogP contribution in [0.1, 0.15) is 56.4 Å². The maximum atomic E-state index is 11.7. The first-order chi connectivity index (χ1) is 7.40. The van der Waals surface area contributed by atoms with E-state index in [1.54, 1.807) is 0 Å². The minimum atomic E-state index is -0.255. The highest BCUT2D eigenvalue weighted by Crippen LogP contribution is 2.24. The van der Waals surface area contributed by atoms with Crippen LogP contribution in [0.4, 0.5) is 0 Å². The van der Waals surface area contributed by atoms with Crippen molar-refractivity contribution in [3.05, 3.63) is 23.0 Å². The molecule has 3 nitrogen and oxygen atoms in total. The highest BCUT2D eigenvalue weighted by Gasteiger charge is 2.21. The number of rotatable bonds is 3. The standard InChI is InChI=1S/C13H21NO2/c1-6-9-8-10(13(3,4)5)14-11(9)12(15)16-7-2/h8,14H,6-7H2,1-5H3. The first kappa shape index (κ1) is 12.8. The van der Waals surface area contributed by atoms with Gasteiger partial charge in [-0.3, -0.25) is 0 Å². The highest BCUT2D eigenvalue weighted by atomic mass is 16.5. The van der Waals surface area contributed by atoms with E-state index in [4.69, 9.17) is 4.74 Å². The molecule has 1 rings (SSSR count). The third-order valence-electron chi connectivity index (χ3n) is 2.57. The first-order valence-electron chi connectivity index (χ1n) is 5.79. The molecule has 0 aromatic carbocycles. The molecular weight excluding hydrogens is 202 g/mol. The molecule has 0 unspecified atom stereocenters. The van der Waals surface area contributed by atoms with Gasteiger partial charge in [0, 0.05) is 11.1 Å². The van der Waals surface area contributed by atoms with Crippen molar-refractivity contribution in [2.24, 2.45) is 0 Å². The van der Waals surface area contributed by atoms with E-state index in [1.807, 2.05) is 13.8 Å². The quantitative estimate of drug-likeness (QED) is 0.800. The highest BCUT2D eigenvalue weighted by molar-refractivity contribution is 5.89. The molecule has 0 saturated heterocycles. The van der Waals surface area contributed by atoms with E-state index in [1.165, 1.54) is 0 Å². The lowest BCUT2D eigenvalue weighted by Crippen LogP contribution is -2.13. The van der Waals surface area contributed by atoms with Gasteiger partial charge in [-0.05, 0) is 25.0 Å². The summed E-state index contributed by atoms with van der Waals surface area (Å²) < 4.78 is 5.03. The maximum Gasteiger partial charge on any atom is 0.355 e. The Labute approximate surface area is 97.2 Å². The minimum Gasteiger partial charge on any atom is -0.461 e. The van der Waals surface area contributed by atoms with E-state index >= 15 is 0 Å². The number of hydrogen-bond acceptors (Lipinski definition) is 2. The summed E-state index contributed by atoms with van der Waals surface area (Å²) in [4.78, 5) is 14.9. The number of ether oxygens (including phenoxy) is 1. The van der Waals surface area contributed by atoms with Gasteiger partial charge in [0.05, 0.1) is 6.61 Å². The van der Waals surface area contributed by atoms with E-state index < -0.39 is 0 Å². The number of hydrogen-bond donors (Lipinski definition) is 1. The fourth-order valence-corrected chi connectivity index (χ4v) is 1.57. The predicted molar refractivity (Wildman–Crippen MR) is 64.8 cm³/mol. The van der Waals surface area contributed by atoms with Crippen molar-refractivity contribution in [2.75, 3.05) is 6.61 Å². The maximum absolute atomic E-state index is 11.7. The fraction of sp³-hybridized carbons (Fsp3) is 0.615. The molecule has 0 aliphatic heterocycles. The Morgan fingerprint density at radius 1 is 1.38 bits per heavy atom. The zero-order valence-electron chi connectivity index (χ0n) is 10.8. The summed E-state index contributed by atoms with van der Waals surface area (Å²) in [6.45, 7) is 10.6. The van der Waals surface area contributed by atoms with Crippen LogP contribution in [-0.4, -0.2) is 17.6 Å². The van der Waals surface area contributed by atoms with Crippen LogP contribution in [0.15, 0.2) is 6.07 Å². The molecule has 0 fully saturated rings. The summed E-state index contributed by atoms with van der Waals surface area (Å²) in [6, 6.07) is 2.06. The van der Waals surface area contributed by atoms with Gasteiger partial charge >= 0.3 is 5.97 Å². The van der Waals surface area contributed by atoms with Crippen LogP contribution in [0.2, 0.25) is 0 Å². The van der Waals surface area contributed by atoms with Gasteiger partial charge < -0.3 is 9.72 Å². The Morgan fingerprint density at radius 3 is 2.44 bits per heavy atom. The zero-order valence-corrected chi connectivity index (χ0v) is 10.8. The van der Waals surface area contributed by atoms with Gasteiger partial charge in [0.2, 0.25) is 0 Å². The molecule has 0 amide bonds. The molecule has 90 valence electrons. The Morgan fingerprint density at radius 2 is 2.00 bits per heavy atom. The summed E-state index contributed by atoms with van der Waals surface area (Å²) in [5, 5.41) is 0. The molecule has 0 saturated carbocycles. The van der Waals surface area contributed by atoms with Crippen LogP contribution in [0.25, 0.3) is 0 Å². The number of esters is 1. The molecule has 16 heavy (non-hydrogen) atoms. The minimum absolute atomic E-state index is 0.0225. The second kappa shape index (κ2) is 4.73. The van der Waals surface area contributed by atoms with Gasteiger partial charge in [0.1, 0.15) is 5.69 Å². The largest absolute Gasteiger partial charge is 0.461 e. The topological polar surface area (TPSA) is 42.1 Å². The summed E-state index contributed by atoms with van der Waals surface area (Å²) in [5.74, 6) is -0.255. The van der Waals surface area contributed by atoms with Crippen molar-refractivity contribution in [1.29, 1.82) is 0 Å². The number of carbonyl (C=O) groups is 1. The Balaban J connectivity index is 3.09. The molecule has 1 aromatic rings. The van der Waals surface area contributed by atoms with E-state index in [2.05, 4.69) is 31.8 Å². The second-order valence-electron chi connectivity index (χ2n) is 4.91. The summed E-state index contributed by atoms with van der Waals surface area (Å²) in [7, 11) is 0. The number of nitrogens with one attached hydrogen (secondary N) is 1. The Kier molecular flexibility index (Phi) is 3.79. The Bertz CT molecular complexity index is 372. The smallest absolute Gasteiger partial charge is 0.355 e. The molecular formula is C13H21NO2. The molecule has 0 radical (unpaired) electrons. The van der Waals surface area contributed by atoms with E-state index in [0.29, 0.717) is 12.3 Å². The van der Waals surface area contributed by atoms with Crippen LogP contribution in [0.3, 0.4) is 0 Å². The van der Waals surface area contributed by atoms with Crippen molar-refractivity contribution >= 4 is 5.97 Å².